The minimum absolute atomic E-state index is 0.187. The van der Waals surface area contributed by atoms with Gasteiger partial charge in [-0.1, -0.05) is 65.6 Å². The summed E-state index contributed by atoms with van der Waals surface area (Å²) in [5.74, 6) is -0.675. The quantitative estimate of drug-likeness (QED) is 0.383. The number of fused-ring (bicyclic) bond motifs is 4. The van der Waals surface area contributed by atoms with Crippen LogP contribution in [0.4, 0.5) is 11.4 Å². The third-order valence-electron chi connectivity index (χ3n) is 7.49. The molecule has 182 valence electrons. The summed E-state index contributed by atoms with van der Waals surface area (Å²) in [5.41, 5.74) is -0.618. The van der Waals surface area contributed by atoms with Gasteiger partial charge in [0.1, 0.15) is 0 Å². The van der Waals surface area contributed by atoms with Gasteiger partial charge in [0, 0.05) is 44.1 Å². The van der Waals surface area contributed by atoms with Crippen molar-refractivity contribution >= 4 is 50.5 Å². The zero-order valence-corrected chi connectivity index (χ0v) is 22.2. The van der Waals surface area contributed by atoms with E-state index in [0.717, 1.165) is 10.2 Å². The van der Waals surface area contributed by atoms with Crippen molar-refractivity contribution in [2.24, 2.45) is 5.41 Å². The van der Waals surface area contributed by atoms with Crippen LogP contribution in [0.25, 0.3) is 0 Å². The summed E-state index contributed by atoms with van der Waals surface area (Å²) < 4.78 is 0.901. The molecular weight excluding hydrogens is 540 g/mol. The van der Waals surface area contributed by atoms with Gasteiger partial charge in [0.15, 0.2) is 11.4 Å². The predicted octanol–water partition coefficient (Wildman–Crippen LogP) is 6.46. The molecule has 5 nitrogen and oxygen atoms in total. The van der Waals surface area contributed by atoms with Crippen molar-refractivity contribution in [1.82, 2.24) is 0 Å². The molecule has 3 aromatic rings. The molecule has 0 unspecified atom stereocenters. The number of halogens is 2. The van der Waals surface area contributed by atoms with E-state index in [1.807, 2.05) is 67.3 Å². The van der Waals surface area contributed by atoms with Crippen LogP contribution in [-0.2, 0) is 10.5 Å². The number of Topliss-reactive ketones (excluding diaryl/α,β-unsaturated/α-hetero) is 2. The van der Waals surface area contributed by atoms with Gasteiger partial charge in [-0.15, -0.1) is 0 Å². The molecular formula is C29H24BrClN2O3. The van der Waals surface area contributed by atoms with Crippen LogP contribution in [0.15, 0.2) is 88.5 Å². The Balaban J connectivity index is 1.71. The largest absolute Gasteiger partial charge is 0.373 e. The molecule has 0 fully saturated rings. The maximum atomic E-state index is 14.1. The Kier molecular flexibility index (Phi) is 5.07. The van der Waals surface area contributed by atoms with Gasteiger partial charge in [-0.3, -0.25) is 9.59 Å². The molecule has 36 heavy (non-hydrogen) atoms. The number of nitrogens with one attached hydrogen (secondary N) is 1. The van der Waals surface area contributed by atoms with Gasteiger partial charge in [0.2, 0.25) is 11.4 Å². The summed E-state index contributed by atoms with van der Waals surface area (Å²) in [5, 5.41) is 16.7. The second-order valence-electron chi connectivity index (χ2n) is 10.5. The normalized spacial score (nSPS) is 26.1. The Morgan fingerprint density at radius 1 is 0.944 bits per heavy atom. The number of aliphatic hydroxyl groups is 1. The summed E-state index contributed by atoms with van der Waals surface area (Å²) in [4.78, 5) is 29.8. The van der Waals surface area contributed by atoms with E-state index in [-0.39, 0.29) is 23.2 Å². The fourth-order valence-corrected chi connectivity index (χ4v) is 6.51. The number of nitrogens with zero attached hydrogens (tertiary/aromatic N) is 1. The fourth-order valence-electron chi connectivity index (χ4n) is 6.11. The SMILES string of the molecule is CC1(C)CC(=O)C2=C(C1)N(c1ccc(Br)cc1)[C@@]1(Nc3ccc(Cl)cc3)c3ccccc3C(=O)[C@@]21O. The van der Waals surface area contributed by atoms with Crippen molar-refractivity contribution in [3.05, 3.63) is 105 Å². The number of hydrogen-bond acceptors (Lipinski definition) is 5. The number of rotatable bonds is 3. The van der Waals surface area contributed by atoms with E-state index in [2.05, 4.69) is 21.2 Å². The molecule has 0 spiro atoms. The zero-order chi connectivity index (χ0) is 25.5. The van der Waals surface area contributed by atoms with Crippen LogP contribution in [0.2, 0.25) is 5.02 Å². The van der Waals surface area contributed by atoms with Crippen LogP contribution in [0.5, 0.6) is 0 Å². The van der Waals surface area contributed by atoms with Gasteiger partial charge >= 0.3 is 0 Å². The average Bonchev–Trinajstić information content (AvgIpc) is 3.15. The third kappa shape index (κ3) is 3.04. The Bertz CT molecular complexity index is 1460. The lowest BCUT2D eigenvalue weighted by Crippen LogP contribution is -2.62. The Morgan fingerprint density at radius 2 is 1.61 bits per heavy atom. The standard InChI is InChI=1S/C29H24BrClN2O3/c1-27(2)15-23-25(24(34)16-27)28(36)26(35)21-5-3-4-6-22(21)29(28,32-19-11-9-18(31)10-12-19)33(23)20-13-7-17(30)8-14-20/h3-14,32,36H,15-16H2,1-2H3/t28-,29-/m0/s1. The van der Waals surface area contributed by atoms with Crippen LogP contribution in [-0.4, -0.2) is 22.3 Å². The summed E-state index contributed by atoms with van der Waals surface area (Å²) in [6.45, 7) is 4.09. The number of hydrogen-bond donors (Lipinski definition) is 2. The molecule has 2 aliphatic carbocycles. The molecule has 3 aliphatic rings. The number of anilines is 2. The van der Waals surface area contributed by atoms with Gasteiger partial charge in [-0.25, -0.2) is 0 Å². The molecule has 0 aromatic heterocycles. The number of carbonyl (C=O) groups is 2. The first-order valence-corrected chi connectivity index (χ1v) is 13.0. The lowest BCUT2D eigenvalue weighted by atomic mass is 9.71. The monoisotopic (exact) mass is 562 g/mol. The van der Waals surface area contributed by atoms with Gasteiger partial charge < -0.3 is 15.3 Å². The molecule has 1 aliphatic heterocycles. The molecule has 3 aromatic carbocycles. The molecule has 2 N–H and O–H groups in total. The van der Waals surface area contributed by atoms with Crippen LogP contribution < -0.4 is 10.2 Å². The van der Waals surface area contributed by atoms with E-state index in [9.17, 15) is 14.7 Å². The van der Waals surface area contributed by atoms with Crippen molar-refractivity contribution < 1.29 is 14.7 Å². The minimum atomic E-state index is -2.12. The molecule has 0 saturated heterocycles. The summed E-state index contributed by atoms with van der Waals surface area (Å²) >= 11 is 9.67. The van der Waals surface area contributed by atoms with E-state index in [0.29, 0.717) is 34.0 Å². The molecule has 0 bridgehead atoms. The number of carbonyl (C=O) groups excluding carboxylic acids is 2. The molecule has 1 heterocycles. The van der Waals surface area contributed by atoms with Gasteiger partial charge in [0.25, 0.3) is 0 Å². The average molecular weight is 564 g/mol. The molecule has 0 saturated carbocycles. The maximum Gasteiger partial charge on any atom is 0.204 e. The van der Waals surface area contributed by atoms with E-state index < -0.39 is 17.0 Å². The second kappa shape index (κ2) is 7.78. The van der Waals surface area contributed by atoms with Crippen LogP contribution in [0, 0.1) is 5.41 Å². The van der Waals surface area contributed by atoms with Crippen molar-refractivity contribution in [2.75, 3.05) is 10.2 Å². The summed E-state index contributed by atoms with van der Waals surface area (Å²) in [6, 6.07) is 22.0. The first-order chi connectivity index (χ1) is 17.1. The lowest BCUT2D eigenvalue weighted by Gasteiger charge is -2.46. The van der Waals surface area contributed by atoms with E-state index in [1.54, 1.807) is 24.3 Å². The van der Waals surface area contributed by atoms with Gasteiger partial charge in [0.05, 0.1) is 5.57 Å². The van der Waals surface area contributed by atoms with Crippen LogP contribution in [0.3, 0.4) is 0 Å². The zero-order valence-electron chi connectivity index (χ0n) is 19.8. The van der Waals surface area contributed by atoms with Crippen molar-refractivity contribution in [3.63, 3.8) is 0 Å². The Hall–Kier alpha value is -2.93. The highest BCUT2D eigenvalue weighted by Crippen LogP contribution is 2.62. The molecule has 2 atom stereocenters. The smallest absolute Gasteiger partial charge is 0.204 e. The second-order valence-corrected chi connectivity index (χ2v) is 11.9. The van der Waals surface area contributed by atoms with Crippen LogP contribution in [0.1, 0.15) is 42.6 Å². The van der Waals surface area contributed by atoms with E-state index in [4.69, 9.17) is 11.6 Å². The summed E-state index contributed by atoms with van der Waals surface area (Å²) in [6.07, 6.45) is 0.787. The van der Waals surface area contributed by atoms with Crippen LogP contribution >= 0.6 is 27.5 Å². The fraction of sp³-hybridized carbons (Fsp3) is 0.241. The highest BCUT2D eigenvalue weighted by Gasteiger charge is 2.74. The molecule has 0 radical (unpaired) electrons. The Morgan fingerprint density at radius 3 is 2.31 bits per heavy atom. The number of allylic oxidation sites excluding steroid dienone is 1. The highest BCUT2D eigenvalue weighted by molar-refractivity contribution is 9.10. The van der Waals surface area contributed by atoms with E-state index in [1.165, 1.54) is 0 Å². The first kappa shape index (κ1) is 23.5. The lowest BCUT2D eigenvalue weighted by molar-refractivity contribution is -0.120. The van der Waals surface area contributed by atoms with E-state index >= 15 is 0 Å². The van der Waals surface area contributed by atoms with Gasteiger partial charge in [-0.2, -0.15) is 0 Å². The number of benzene rings is 3. The Labute approximate surface area is 222 Å². The summed E-state index contributed by atoms with van der Waals surface area (Å²) in [7, 11) is 0. The van der Waals surface area contributed by atoms with Crippen molar-refractivity contribution in [1.29, 1.82) is 0 Å². The number of ketones is 2. The maximum absolute atomic E-state index is 14.1. The predicted molar refractivity (Wildman–Crippen MR) is 144 cm³/mol. The first-order valence-electron chi connectivity index (χ1n) is 11.8. The molecule has 6 rings (SSSR count). The highest BCUT2D eigenvalue weighted by atomic mass is 79.9. The molecule has 0 amide bonds. The van der Waals surface area contributed by atoms with Gasteiger partial charge in [-0.05, 0) is 60.4 Å². The molecule has 7 heteroatoms. The third-order valence-corrected chi connectivity index (χ3v) is 8.27. The minimum Gasteiger partial charge on any atom is -0.373 e. The van der Waals surface area contributed by atoms with Crippen molar-refractivity contribution in [3.8, 4) is 0 Å². The topological polar surface area (TPSA) is 69.6 Å². The van der Waals surface area contributed by atoms with Crippen molar-refractivity contribution in [2.45, 2.75) is 38.0 Å².